The molecule has 5 heteroatoms. The molecule has 0 aliphatic carbocycles. The van der Waals surface area contributed by atoms with Crippen molar-refractivity contribution >= 4 is 17.2 Å². The monoisotopic (exact) mass is 286 g/mol. The second kappa shape index (κ2) is 5.09. The fraction of sp³-hybridized carbons (Fsp3) is 0.200. The summed E-state index contributed by atoms with van der Waals surface area (Å²) in [7, 11) is 0. The Morgan fingerprint density at radius 2 is 2.15 bits per heavy atom. The summed E-state index contributed by atoms with van der Waals surface area (Å²) in [4.78, 5) is 12.4. The molecule has 1 aliphatic heterocycles. The zero-order valence-corrected chi connectivity index (χ0v) is 11.6. The first-order chi connectivity index (χ1) is 9.66. The van der Waals surface area contributed by atoms with Crippen LogP contribution in [0.4, 0.5) is 0 Å². The van der Waals surface area contributed by atoms with Crippen LogP contribution in [0.15, 0.2) is 47.4 Å². The van der Waals surface area contributed by atoms with E-state index in [-0.39, 0.29) is 16.5 Å². The van der Waals surface area contributed by atoms with Crippen molar-refractivity contribution in [1.29, 1.82) is 0 Å². The lowest BCUT2D eigenvalue weighted by atomic mass is 10.0. The van der Waals surface area contributed by atoms with Gasteiger partial charge in [0, 0.05) is 24.2 Å². The highest BCUT2D eigenvalue weighted by Crippen LogP contribution is 2.34. The van der Waals surface area contributed by atoms with Crippen LogP contribution in [0.1, 0.15) is 17.0 Å². The van der Waals surface area contributed by atoms with Crippen LogP contribution < -0.4 is 16.0 Å². The van der Waals surface area contributed by atoms with Crippen LogP contribution in [0, 0.1) is 0 Å². The van der Waals surface area contributed by atoms with E-state index in [9.17, 15) is 4.79 Å². The molecular weight excluding hydrogens is 272 g/mol. The molecule has 2 N–H and O–H groups in total. The second-order valence-corrected chi connectivity index (χ2v) is 5.23. The molecule has 0 bridgehead atoms. The van der Waals surface area contributed by atoms with Gasteiger partial charge in [-0.1, -0.05) is 30.4 Å². The fourth-order valence-electron chi connectivity index (χ4n) is 2.49. The number of rotatable bonds is 3. The highest BCUT2D eigenvalue weighted by molar-refractivity contribution is 7.80. The summed E-state index contributed by atoms with van der Waals surface area (Å²) in [5.41, 5.74) is 6.94. The van der Waals surface area contributed by atoms with Crippen LogP contribution in [-0.4, -0.2) is 16.2 Å². The van der Waals surface area contributed by atoms with Gasteiger partial charge in [0.25, 0.3) is 5.56 Å². The Hall–Kier alpha value is -2.14. The minimum atomic E-state index is -0.149. The number of pyridine rings is 1. The van der Waals surface area contributed by atoms with Gasteiger partial charge in [-0.15, -0.1) is 0 Å². The maximum atomic E-state index is 12.3. The normalized spacial score (nSPS) is 16.5. The molecule has 0 radical (unpaired) electrons. The Morgan fingerprint density at radius 3 is 2.95 bits per heavy atom. The van der Waals surface area contributed by atoms with E-state index in [1.165, 1.54) is 0 Å². The van der Waals surface area contributed by atoms with E-state index in [0.29, 0.717) is 18.7 Å². The van der Waals surface area contributed by atoms with Gasteiger partial charge in [-0.3, -0.25) is 4.79 Å². The molecule has 1 atom stereocenters. The first-order valence-corrected chi connectivity index (χ1v) is 6.78. The summed E-state index contributed by atoms with van der Waals surface area (Å²) in [6.07, 6.45) is 1.76. The Kier molecular flexibility index (Phi) is 3.28. The van der Waals surface area contributed by atoms with Crippen molar-refractivity contribution in [1.82, 2.24) is 4.57 Å². The smallest absolute Gasteiger partial charge is 0.260 e. The number of fused-ring (bicyclic) bond motifs is 1. The summed E-state index contributed by atoms with van der Waals surface area (Å²) in [5, 5.41) is 0. The molecule has 2 aromatic rings. The molecular formula is C15H14N2O2S. The molecule has 1 unspecified atom stereocenters. The van der Waals surface area contributed by atoms with Crippen LogP contribution in [0.2, 0.25) is 0 Å². The average Bonchev–Trinajstić information content (AvgIpc) is 2.84. The van der Waals surface area contributed by atoms with E-state index >= 15 is 0 Å². The maximum absolute atomic E-state index is 12.3. The lowest BCUT2D eigenvalue weighted by molar-refractivity contribution is 0.318. The van der Waals surface area contributed by atoms with Gasteiger partial charge < -0.3 is 15.0 Å². The standard InChI is InChI=1S/C15H14N2O2S/c16-14(20)12-5-3-7-17(15(12)18)8-10-9-19-13-6-2-1-4-11(10)13/h1-7,10H,8-9H2,(H2,16,20). The molecule has 0 fully saturated rings. The molecule has 0 saturated carbocycles. The number of aromatic nitrogens is 1. The van der Waals surface area contributed by atoms with Crippen molar-refractivity contribution in [2.24, 2.45) is 5.73 Å². The predicted octanol–water partition coefficient (Wildman–Crippen LogP) is 1.66. The number of hydrogen-bond acceptors (Lipinski definition) is 3. The van der Waals surface area contributed by atoms with Gasteiger partial charge in [-0.05, 0) is 18.2 Å². The molecule has 102 valence electrons. The number of ether oxygens (including phenoxy) is 1. The number of hydrogen-bond donors (Lipinski definition) is 1. The minimum absolute atomic E-state index is 0.132. The molecule has 1 aromatic carbocycles. The van der Waals surface area contributed by atoms with E-state index in [2.05, 4.69) is 0 Å². The van der Waals surface area contributed by atoms with E-state index < -0.39 is 0 Å². The van der Waals surface area contributed by atoms with Gasteiger partial charge in [0.05, 0.1) is 12.2 Å². The first kappa shape index (κ1) is 12.9. The van der Waals surface area contributed by atoms with E-state index in [0.717, 1.165) is 11.3 Å². The summed E-state index contributed by atoms with van der Waals surface area (Å²) in [6, 6.07) is 11.4. The highest BCUT2D eigenvalue weighted by Gasteiger charge is 2.24. The molecule has 0 saturated heterocycles. The van der Waals surface area contributed by atoms with Crippen molar-refractivity contribution in [2.75, 3.05) is 6.61 Å². The highest BCUT2D eigenvalue weighted by atomic mass is 32.1. The van der Waals surface area contributed by atoms with Gasteiger partial charge in [-0.2, -0.15) is 0 Å². The molecule has 20 heavy (non-hydrogen) atoms. The van der Waals surface area contributed by atoms with Crippen LogP contribution in [0.5, 0.6) is 5.75 Å². The zero-order chi connectivity index (χ0) is 14.1. The van der Waals surface area contributed by atoms with Crippen LogP contribution in [0.25, 0.3) is 0 Å². The van der Waals surface area contributed by atoms with Gasteiger partial charge in [-0.25, -0.2) is 0 Å². The SMILES string of the molecule is NC(=S)c1cccn(CC2COc3ccccc32)c1=O. The topological polar surface area (TPSA) is 57.2 Å². The van der Waals surface area contributed by atoms with Crippen molar-refractivity contribution in [3.05, 3.63) is 64.1 Å². The molecule has 1 aliphatic rings. The number of thiocarbonyl (C=S) groups is 1. The first-order valence-electron chi connectivity index (χ1n) is 6.38. The van der Waals surface area contributed by atoms with Gasteiger partial charge in [0.15, 0.2) is 0 Å². The Bertz CT molecular complexity index is 724. The van der Waals surface area contributed by atoms with E-state index in [1.54, 1.807) is 22.9 Å². The summed E-state index contributed by atoms with van der Waals surface area (Å²) in [6.45, 7) is 1.15. The maximum Gasteiger partial charge on any atom is 0.260 e. The molecule has 3 rings (SSSR count). The minimum Gasteiger partial charge on any atom is -0.493 e. The van der Waals surface area contributed by atoms with Crippen LogP contribution >= 0.6 is 12.2 Å². The zero-order valence-electron chi connectivity index (χ0n) is 10.8. The number of nitrogens with zero attached hydrogens (tertiary/aromatic N) is 1. The van der Waals surface area contributed by atoms with Gasteiger partial charge in [0.1, 0.15) is 10.7 Å². The quantitative estimate of drug-likeness (QED) is 0.872. The third kappa shape index (κ3) is 2.20. The van der Waals surface area contributed by atoms with Crippen LogP contribution in [0.3, 0.4) is 0 Å². The van der Waals surface area contributed by atoms with Crippen LogP contribution in [-0.2, 0) is 6.54 Å². The molecule has 2 heterocycles. The fourth-order valence-corrected chi connectivity index (χ4v) is 2.64. The Balaban J connectivity index is 1.92. The van der Waals surface area contributed by atoms with Crippen molar-refractivity contribution in [3.63, 3.8) is 0 Å². The predicted molar refractivity (Wildman–Crippen MR) is 81.3 cm³/mol. The molecule has 1 aromatic heterocycles. The number of nitrogens with two attached hydrogens (primary N) is 1. The Morgan fingerprint density at radius 1 is 1.35 bits per heavy atom. The lowest BCUT2D eigenvalue weighted by Crippen LogP contribution is -2.30. The lowest BCUT2D eigenvalue weighted by Gasteiger charge is -2.12. The van der Waals surface area contributed by atoms with E-state index in [4.69, 9.17) is 22.7 Å². The summed E-state index contributed by atoms with van der Waals surface area (Å²) < 4.78 is 7.28. The second-order valence-electron chi connectivity index (χ2n) is 4.79. The van der Waals surface area contributed by atoms with E-state index in [1.807, 2.05) is 24.3 Å². The third-order valence-corrected chi connectivity index (χ3v) is 3.72. The average molecular weight is 286 g/mol. The number of para-hydroxylation sites is 1. The molecule has 0 spiro atoms. The van der Waals surface area contributed by atoms with Gasteiger partial charge in [0.2, 0.25) is 0 Å². The molecule has 0 amide bonds. The molecule has 4 nitrogen and oxygen atoms in total. The third-order valence-electron chi connectivity index (χ3n) is 3.50. The largest absolute Gasteiger partial charge is 0.493 e. The van der Waals surface area contributed by atoms with Crippen molar-refractivity contribution < 1.29 is 4.74 Å². The van der Waals surface area contributed by atoms with Gasteiger partial charge >= 0.3 is 0 Å². The van der Waals surface area contributed by atoms with Crippen molar-refractivity contribution in [3.8, 4) is 5.75 Å². The summed E-state index contributed by atoms with van der Waals surface area (Å²) in [5.74, 6) is 1.07. The summed E-state index contributed by atoms with van der Waals surface area (Å²) >= 11 is 4.89. The number of benzene rings is 1. The Labute approximate surface area is 121 Å². The van der Waals surface area contributed by atoms with Crippen molar-refractivity contribution in [2.45, 2.75) is 12.5 Å².